The fourth-order valence-electron chi connectivity index (χ4n) is 1.70. The zero-order valence-electron chi connectivity index (χ0n) is 9.33. The van der Waals surface area contributed by atoms with E-state index in [1.54, 1.807) is 7.11 Å². The van der Waals surface area contributed by atoms with Gasteiger partial charge in [0.2, 0.25) is 0 Å². The molecule has 1 aromatic carbocycles. The van der Waals surface area contributed by atoms with Crippen LogP contribution in [0.15, 0.2) is 12.1 Å². The molecule has 2 rings (SSSR count). The Morgan fingerprint density at radius 1 is 1.38 bits per heavy atom. The summed E-state index contributed by atoms with van der Waals surface area (Å²) in [6.45, 7) is 4.10. The van der Waals surface area contributed by atoms with Crippen molar-refractivity contribution in [1.29, 1.82) is 0 Å². The van der Waals surface area contributed by atoms with Gasteiger partial charge in [0, 0.05) is 0 Å². The van der Waals surface area contributed by atoms with E-state index < -0.39 is 0 Å². The standard InChI is InChI=1S/C11H12N2OS2/c1-6-4-7(2)9(8(5-6)14-3)10-12-13-11(15)16-10/h4-5H,1-3H3,(H,13,15). The molecule has 16 heavy (non-hydrogen) atoms. The molecule has 0 aliphatic heterocycles. The number of H-pyrrole nitrogens is 1. The highest BCUT2D eigenvalue weighted by atomic mass is 32.1. The van der Waals surface area contributed by atoms with Crippen LogP contribution in [0, 0.1) is 17.8 Å². The lowest BCUT2D eigenvalue weighted by Crippen LogP contribution is -1.92. The van der Waals surface area contributed by atoms with Crippen LogP contribution in [0.5, 0.6) is 5.75 Å². The Balaban J connectivity index is 2.68. The second kappa shape index (κ2) is 4.35. The number of aryl methyl sites for hydroxylation is 2. The fraction of sp³-hybridized carbons (Fsp3) is 0.273. The van der Waals surface area contributed by atoms with Gasteiger partial charge in [-0.3, -0.25) is 5.10 Å². The van der Waals surface area contributed by atoms with Gasteiger partial charge in [-0.15, -0.1) is 0 Å². The SMILES string of the molecule is COc1cc(C)cc(C)c1-c1n[nH]c(=S)s1. The van der Waals surface area contributed by atoms with Crippen molar-refractivity contribution in [2.45, 2.75) is 13.8 Å². The highest BCUT2D eigenvalue weighted by Gasteiger charge is 2.13. The maximum absolute atomic E-state index is 5.39. The Morgan fingerprint density at radius 3 is 2.69 bits per heavy atom. The van der Waals surface area contributed by atoms with Gasteiger partial charge in [0.1, 0.15) is 10.8 Å². The van der Waals surface area contributed by atoms with Crippen LogP contribution in [0.4, 0.5) is 0 Å². The summed E-state index contributed by atoms with van der Waals surface area (Å²) in [5.41, 5.74) is 3.34. The first-order valence-corrected chi connectivity index (χ1v) is 6.05. The summed E-state index contributed by atoms with van der Waals surface area (Å²) in [5.74, 6) is 0.843. The van der Waals surface area contributed by atoms with E-state index in [2.05, 4.69) is 23.2 Å². The van der Waals surface area contributed by atoms with Crippen molar-refractivity contribution >= 4 is 23.6 Å². The summed E-state index contributed by atoms with van der Waals surface area (Å²) in [5, 5.41) is 7.86. The van der Waals surface area contributed by atoms with E-state index in [9.17, 15) is 0 Å². The zero-order chi connectivity index (χ0) is 11.7. The Hall–Kier alpha value is -1.20. The van der Waals surface area contributed by atoms with Crippen molar-refractivity contribution in [3.63, 3.8) is 0 Å². The number of ether oxygens (including phenoxy) is 1. The van der Waals surface area contributed by atoms with Crippen molar-refractivity contribution in [3.05, 3.63) is 27.2 Å². The van der Waals surface area contributed by atoms with Crippen LogP contribution in [0.25, 0.3) is 10.6 Å². The van der Waals surface area contributed by atoms with Gasteiger partial charge in [-0.1, -0.05) is 17.4 Å². The summed E-state index contributed by atoms with van der Waals surface area (Å²) in [6.07, 6.45) is 0. The molecule has 0 aliphatic carbocycles. The topological polar surface area (TPSA) is 37.9 Å². The first kappa shape index (κ1) is 11.3. The molecule has 0 fully saturated rings. The molecule has 1 N–H and O–H groups in total. The smallest absolute Gasteiger partial charge is 0.176 e. The summed E-state index contributed by atoms with van der Waals surface area (Å²) in [7, 11) is 1.67. The number of aromatic nitrogens is 2. The molecule has 5 heteroatoms. The Bertz CT molecular complexity index is 572. The molecule has 0 amide bonds. The van der Waals surface area contributed by atoms with Gasteiger partial charge in [0.25, 0.3) is 0 Å². The number of rotatable bonds is 2. The van der Waals surface area contributed by atoms with Gasteiger partial charge in [-0.25, -0.2) is 0 Å². The molecule has 0 aliphatic rings. The second-order valence-corrected chi connectivity index (χ2v) is 5.24. The number of benzene rings is 1. The van der Waals surface area contributed by atoms with Crippen LogP contribution in [-0.2, 0) is 0 Å². The van der Waals surface area contributed by atoms with E-state index in [4.69, 9.17) is 17.0 Å². The normalized spacial score (nSPS) is 10.4. The lowest BCUT2D eigenvalue weighted by Gasteiger charge is -2.10. The Morgan fingerprint density at radius 2 is 2.12 bits per heavy atom. The molecule has 0 atom stereocenters. The van der Waals surface area contributed by atoms with Gasteiger partial charge >= 0.3 is 0 Å². The Labute approximate surface area is 103 Å². The van der Waals surface area contributed by atoms with E-state index in [1.165, 1.54) is 16.9 Å². The first-order valence-electron chi connectivity index (χ1n) is 4.83. The second-order valence-electron chi connectivity index (χ2n) is 3.58. The average Bonchev–Trinajstić information content (AvgIpc) is 2.63. The van der Waals surface area contributed by atoms with Gasteiger partial charge < -0.3 is 4.74 Å². The molecular formula is C11H12N2OS2. The third kappa shape index (κ3) is 2.01. The lowest BCUT2D eigenvalue weighted by molar-refractivity contribution is 0.416. The molecule has 1 aromatic heterocycles. The summed E-state index contributed by atoms with van der Waals surface area (Å²) < 4.78 is 6.07. The molecule has 0 bridgehead atoms. The number of hydrogen-bond donors (Lipinski definition) is 1. The molecule has 1 heterocycles. The predicted octanol–water partition coefficient (Wildman–Crippen LogP) is 3.49. The van der Waals surface area contributed by atoms with Crippen LogP contribution in [0.3, 0.4) is 0 Å². The average molecular weight is 252 g/mol. The molecule has 0 saturated heterocycles. The minimum absolute atomic E-state index is 0.678. The van der Waals surface area contributed by atoms with Crippen molar-refractivity contribution < 1.29 is 4.74 Å². The number of aromatic amines is 1. The van der Waals surface area contributed by atoms with E-state index in [1.807, 2.05) is 13.0 Å². The lowest BCUT2D eigenvalue weighted by atomic mass is 10.0. The third-order valence-corrected chi connectivity index (χ3v) is 3.42. The number of nitrogens with zero attached hydrogens (tertiary/aromatic N) is 1. The molecule has 2 aromatic rings. The van der Waals surface area contributed by atoms with Crippen LogP contribution in [0.1, 0.15) is 11.1 Å². The maximum atomic E-state index is 5.39. The molecule has 0 radical (unpaired) electrons. The van der Waals surface area contributed by atoms with Gasteiger partial charge in [-0.05, 0) is 43.3 Å². The minimum Gasteiger partial charge on any atom is -0.496 e. The molecule has 84 valence electrons. The largest absolute Gasteiger partial charge is 0.496 e. The number of hydrogen-bond acceptors (Lipinski definition) is 4. The van der Waals surface area contributed by atoms with Crippen LogP contribution in [0.2, 0.25) is 0 Å². The van der Waals surface area contributed by atoms with E-state index in [0.29, 0.717) is 3.95 Å². The maximum Gasteiger partial charge on any atom is 0.176 e. The number of nitrogens with one attached hydrogen (secondary N) is 1. The fourth-order valence-corrected chi connectivity index (χ4v) is 2.70. The molecular weight excluding hydrogens is 240 g/mol. The predicted molar refractivity (Wildman–Crippen MR) is 68.8 cm³/mol. The van der Waals surface area contributed by atoms with Crippen LogP contribution in [-0.4, -0.2) is 17.3 Å². The van der Waals surface area contributed by atoms with E-state index in [0.717, 1.165) is 21.9 Å². The Kier molecular flexibility index (Phi) is 3.07. The van der Waals surface area contributed by atoms with Crippen molar-refractivity contribution in [2.75, 3.05) is 7.11 Å². The molecule has 0 spiro atoms. The van der Waals surface area contributed by atoms with E-state index >= 15 is 0 Å². The van der Waals surface area contributed by atoms with Gasteiger partial charge in [0.05, 0.1) is 12.7 Å². The number of methoxy groups -OCH3 is 1. The van der Waals surface area contributed by atoms with Gasteiger partial charge in [0.15, 0.2) is 3.95 Å². The highest BCUT2D eigenvalue weighted by Crippen LogP contribution is 2.35. The summed E-state index contributed by atoms with van der Waals surface area (Å²) in [4.78, 5) is 0. The monoisotopic (exact) mass is 252 g/mol. The van der Waals surface area contributed by atoms with Gasteiger partial charge in [-0.2, -0.15) is 5.10 Å². The van der Waals surface area contributed by atoms with Crippen molar-refractivity contribution in [3.8, 4) is 16.3 Å². The first-order chi connectivity index (χ1) is 7.61. The highest BCUT2D eigenvalue weighted by molar-refractivity contribution is 7.73. The van der Waals surface area contributed by atoms with E-state index in [-0.39, 0.29) is 0 Å². The van der Waals surface area contributed by atoms with Crippen molar-refractivity contribution in [2.24, 2.45) is 0 Å². The quantitative estimate of drug-likeness (QED) is 0.831. The molecule has 0 saturated carbocycles. The molecule has 3 nitrogen and oxygen atoms in total. The third-order valence-electron chi connectivity index (χ3n) is 2.32. The van der Waals surface area contributed by atoms with Crippen LogP contribution < -0.4 is 4.74 Å². The van der Waals surface area contributed by atoms with Crippen LogP contribution >= 0.6 is 23.6 Å². The molecule has 0 unspecified atom stereocenters. The minimum atomic E-state index is 0.678. The zero-order valence-corrected chi connectivity index (χ0v) is 11.0. The van der Waals surface area contributed by atoms with Crippen molar-refractivity contribution in [1.82, 2.24) is 10.2 Å². The summed E-state index contributed by atoms with van der Waals surface area (Å²) >= 11 is 6.50. The summed E-state index contributed by atoms with van der Waals surface area (Å²) in [6, 6.07) is 4.12.